The number of nitrogens with two attached hydrogens (primary N) is 1. The molecule has 0 heterocycles. The number of hydrogen-bond donors (Lipinski definition) is 1. The van der Waals surface area contributed by atoms with Crippen molar-refractivity contribution >= 4 is 36.2 Å². The van der Waals surface area contributed by atoms with Crippen molar-refractivity contribution in [1.29, 1.82) is 0 Å². The lowest BCUT2D eigenvalue weighted by Crippen LogP contribution is -2.21. The van der Waals surface area contributed by atoms with E-state index in [-0.39, 0.29) is 24.8 Å². The number of anilines is 2. The standard InChI is InChI=1S/C11H18N2.2ClH/c1-4-13(5-2)10-6-7-11(12)9(3)8-10;;/h6-8H,4-5,12H2,1-3H3;2*1H. The van der Waals surface area contributed by atoms with Crippen LogP contribution in [0.1, 0.15) is 19.4 Å². The second-order valence-electron chi connectivity index (χ2n) is 3.21. The van der Waals surface area contributed by atoms with Gasteiger partial charge in [-0.2, -0.15) is 0 Å². The van der Waals surface area contributed by atoms with Crippen molar-refractivity contribution in [3.05, 3.63) is 23.8 Å². The molecule has 0 aromatic heterocycles. The third-order valence-electron chi connectivity index (χ3n) is 2.38. The summed E-state index contributed by atoms with van der Waals surface area (Å²) in [6, 6.07) is 6.20. The average Bonchev–Trinajstić information content (AvgIpc) is 2.13. The quantitative estimate of drug-likeness (QED) is 0.835. The Hall–Kier alpha value is -0.600. The van der Waals surface area contributed by atoms with Gasteiger partial charge in [-0.05, 0) is 44.5 Å². The van der Waals surface area contributed by atoms with Gasteiger partial charge in [-0.15, -0.1) is 24.8 Å². The fraction of sp³-hybridized carbons (Fsp3) is 0.455. The fourth-order valence-corrected chi connectivity index (χ4v) is 1.45. The molecule has 0 bridgehead atoms. The molecule has 4 heteroatoms. The molecule has 1 rings (SSSR count). The van der Waals surface area contributed by atoms with E-state index in [0.717, 1.165) is 24.3 Å². The van der Waals surface area contributed by atoms with Crippen molar-refractivity contribution in [1.82, 2.24) is 0 Å². The molecular weight excluding hydrogens is 231 g/mol. The van der Waals surface area contributed by atoms with E-state index in [0.29, 0.717) is 0 Å². The van der Waals surface area contributed by atoms with Gasteiger partial charge in [0.1, 0.15) is 0 Å². The van der Waals surface area contributed by atoms with Gasteiger partial charge in [0.25, 0.3) is 0 Å². The molecule has 0 unspecified atom stereocenters. The van der Waals surface area contributed by atoms with Crippen LogP contribution in [0, 0.1) is 6.92 Å². The van der Waals surface area contributed by atoms with Gasteiger partial charge < -0.3 is 10.6 Å². The van der Waals surface area contributed by atoms with Gasteiger partial charge in [-0.25, -0.2) is 0 Å². The van der Waals surface area contributed by atoms with E-state index in [2.05, 4.69) is 30.9 Å². The highest BCUT2D eigenvalue weighted by Crippen LogP contribution is 2.19. The predicted molar refractivity (Wildman–Crippen MR) is 73.6 cm³/mol. The van der Waals surface area contributed by atoms with E-state index in [1.165, 1.54) is 5.69 Å². The molecule has 1 aromatic carbocycles. The molecule has 0 aliphatic carbocycles. The number of nitrogen functional groups attached to an aromatic ring is 1. The lowest BCUT2D eigenvalue weighted by Gasteiger charge is -2.21. The summed E-state index contributed by atoms with van der Waals surface area (Å²) in [6.45, 7) is 8.45. The van der Waals surface area contributed by atoms with Gasteiger partial charge >= 0.3 is 0 Å². The Morgan fingerprint density at radius 2 is 1.67 bits per heavy atom. The Bertz CT molecular complexity index is 286. The number of halogens is 2. The molecule has 88 valence electrons. The Balaban J connectivity index is 0. The number of nitrogens with zero attached hydrogens (tertiary/aromatic N) is 1. The molecule has 1 aromatic rings. The van der Waals surface area contributed by atoms with Crippen molar-refractivity contribution in [3.63, 3.8) is 0 Å². The molecule has 0 saturated heterocycles. The first-order chi connectivity index (χ1) is 6.19. The van der Waals surface area contributed by atoms with Gasteiger partial charge in [0.05, 0.1) is 0 Å². The summed E-state index contributed by atoms with van der Waals surface area (Å²) in [6.07, 6.45) is 0. The van der Waals surface area contributed by atoms with Crippen molar-refractivity contribution in [2.45, 2.75) is 20.8 Å². The summed E-state index contributed by atoms with van der Waals surface area (Å²) < 4.78 is 0. The lowest BCUT2D eigenvalue weighted by atomic mass is 10.1. The summed E-state index contributed by atoms with van der Waals surface area (Å²) >= 11 is 0. The normalized spacial score (nSPS) is 8.73. The van der Waals surface area contributed by atoms with E-state index in [1.54, 1.807) is 0 Å². The number of rotatable bonds is 3. The van der Waals surface area contributed by atoms with Crippen LogP contribution in [0.5, 0.6) is 0 Å². The molecule has 0 amide bonds. The molecule has 0 saturated carbocycles. The molecule has 2 nitrogen and oxygen atoms in total. The first-order valence-corrected chi connectivity index (χ1v) is 4.80. The molecule has 0 aliphatic heterocycles. The van der Waals surface area contributed by atoms with Crippen LogP contribution in [0.4, 0.5) is 11.4 Å². The van der Waals surface area contributed by atoms with E-state index in [9.17, 15) is 0 Å². The van der Waals surface area contributed by atoms with Crippen LogP contribution in [0.3, 0.4) is 0 Å². The Kier molecular flexibility index (Phi) is 8.59. The van der Waals surface area contributed by atoms with Gasteiger partial charge in [0.2, 0.25) is 0 Å². The van der Waals surface area contributed by atoms with Crippen LogP contribution < -0.4 is 10.6 Å². The SMILES string of the molecule is CCN(CC)c1ccc(N)c(C)c1.Cl.Cl. The Morgan fingerprint density at radius 1 is 1.13 bits per heavy atom. The van der Waals surface area contributed by atoms with Crippen LogP contribution >= 0.6 is 24.8 Å². The zero-order chi connectivity index (χ0) is 9.84. The predicted octanol–water partition coefficient (Wildman–Crippen LogP) is 3.27. The van der Waals surface area contributed by atoms with Crippen LogP contribution in [0.2, 0.25) is 0 Å². The van der Waals surface area contributed by atoms with E-state index < -0.39 is 0 Å². The van der Waals surface area contributed by atoms with Crippen LogP contribution in [-0.4, -0.2) is 13.1 Å². The monoisotopic (exact) mass is 250 g/mol. The lowest BCUT2D eigenvalue weighted by molar-refractivity contribution is 0.866. The molecular formula is C11H20Cl2N2. The number of benzene rings is 1. The van der Waals surface area contributed by atoms with Crippen LogP contribution in [0.25, 0.3) is 0 Å². The maximum absolute atomic E-state index is 5.75. The summed E-state index contributed by atoms with van der Waals surface area (Å²) in [4.78, 5) is 2.31. The third kappa shape index (κ3) is 4.18. The van der Waals surface area contributed by atoms with Crippen molar-refractivity contribution in [2.75, 3.05) is 23.7 Å². The van der Waals surface area contributed by atoms with Crippen molar-refractivity contribution in [2.24, 2.45) is 0 Å². The molecule has 15 heavy (non-hydrogen) atoms. The number of aryl methyl sites for hydroxylation is 1. The molecule has 2 N–H and O–H groups in total. The van der Waals surface area contributed by atoms with Gasteiger partial charge in [-0.1, -0.05) is 0 Å². The fourth-order valence-electron chi connectivity index (χ4n) is 1.45. The molecule has 0 fully saturated rings. The summed E-state index contributed by atoms with van der Waals surface area (Å²) in [5.74, 6) is 0. The Labute approximate surface area is 105 Å². The minimum Gasteiger partial charge on any atom is -0.399 e. The number of hydrogen-bond acceptors (Lipinski definition) is 2. The molecule has 0 atom stereocenters. The maximum Gasteiger partial charge on any atom is 0.0370 e. The topological polar surface area (TPSA) is 29.3 Å². The van der Waals surface area contributed by atoms with E-state index in [4.69, 9.17) is 5.73 Å². The molecule has 0 aliphatic rings. The second kappa shape index (κ2) is 7.66. The first kappa shape index (κ1) is 16.8. The summed E-state index contributed by atoms with van der Waals surface area (Å²) in [5.41, 5.74) is 9.04. The Morgan fingerprint density at radius 3 is 2.07 bits per heavy atom. The zero-order valence-electron chi connectivity index (χ0n) is 9.49. The van der Waals surface area contributed by atoms with Crippen molar-refractivity contribution < 1.29 is 0 Å². The van der Waals surface area contributed by atoms with E-state index in [1.807, 2.05) is 13.0 Å². The van der Waals surface area contributed by atoms with Gasteiger partial charge in [0, 0.05) is 24.5 Å². The van der Waals surface area contributed by atoms with Crippen LogP contribution in [0.15, 0.2) is 18.2 Å². The largest absolute Gasteiger partial charge is 0.399 e. The van der Waals surface area contributed by atoms with Gasteiger partial charge in [0.15, 0.2) is 0 Å². The van der Waals surface area contributed by atoms with Crippen LogP contribution in [-0.2, 0) is 0 Å². The minimum atomic E-state index is 0. The summed E-state index contributed by atoms with van der Waals surface area (Å²) in [5, 5.41) is 0. The van der Waals surface area contributed by atoms with Gasteiger partial charge in [-0.3, -0.25) is 0 Å². The smallest absolute Gasteiger partial charge is 0.0370 e. The summed E-state index contributed by atoms with van der Waals surface area (Å²) in [7, 11) is 0. The third-order valence-corrected chi connectivity index (χ3v) is 2.38. The highest BCUT2D eigenvalue weighted by atomic mass is 35.5. The first-order valence-electron chi connectivity index (χ1n) is 4.80. The maximum atomic E-state index is 5.75. The highest BCUT2D eigenvalue weighted by molar-refractivity contribution is 5.85. The van der Waals surface area contributed by atoms with Crippen molar-refractivity contribution in [3.8, 4) is 0 Å². The average molecular weight is 251 g/mol. The molecule has 0 spiro atoms. The molecule has 0 radical (unpaired) electrons. The second-order valence-corrected chi connectivity index (χ2v) is 3.21. The van der Waals surface area contributed by atoms with E-state index >= 15 is 0 Å². The minimum absolute atomic E-state index is 0. The zero-order valence-corrected chi connectivity index (χ0v) is 11.1. The highest BCUT2D eigenvalue weighted by Gasteiger charge is 2.02.